The molecule has 0 aliphatic carbocycles. The summed E-state index contributed by atoms with van der Waals surface area (Å²) < 4.78 is 24.8. The van der Waals surface area contributed by atoms with Gasteiger partial charge in [0.2, 0.25) is 0 Å². The Morgan fingerprint density at radius 2 is 2.11 bits per heavy atom. The SMILES string of the molecule is Cc1c(CCCN)cnn1C1CCS(=O)(=O)CC1. The van der Waals surface area contributed by atoms with E-state index in [0.29, 0.717) is 19.4 Å². The first kappa shape index (κ1) is 13.5. The van der Waals surface area contributed by atoms with E-state index in [1.165, 1.54) is 5.56 Å². The van der Waals surface area contributed by atoms with Crippen LogP contribution >= 0.6 is 0 Å². The Balaban J connectivity index is 2.08. The van der Waals surface area contributed by atoms with Gasteiger partial charge in [0.05, 0.1) is 23.7 Å². The highest BCUT2D eigenvalue weighted by atomic mass is 32.2. The summed E-state index contributed by atoms with van der Waals surface area (Å²) in [4.78, 5) is 0. The summed E-state index contributed by atoms with van der Waals surface area (Å²) in [6, 6.07) is 0.236. The lowest BCUT2D eigenvalue weighted by atomic mass is 10.1. The van der Waals surface area contributed by atoms with Gasteiger partial charge in [0.15, 0.2) is 0 Å². The summed E-state index contributed by atoms with van der Waals surface area (Å²) in [6.07, 6.45) is 5.18. The third-order valence-electron chi connectivity index (χ3n) is 3.67. The molecule has 1 aromatic rings. The van der Waals surface area contributed by atoms with Gasteiger partial charge in [-0.1, -0.05) is 0 Å². The summed E-state index contributed by atoms with van der Waals surface area (Å²) in [6.45, 7) is 2.74. The van der Waals surface area contributed by atoms with E-state index in [1.54, 1.807) is 0 Å². The second kappa shape index (κ2) is 5.40. The zero-order valence-electron chi connectivity index (χ0n) is 10.8. The standard InChI is InChI=1S/C12H21N3O2S/c1-10-11(3-2-6-13)9-14-15(10)12-4-7-18(16,17)8-5-12/h9,12H,2-8,13H2,1H3. The van der Waals surface area contributed by atoms with Gasteiger partial charge in [-0.15, -0.1) is 0 Å². The predicted molar refractivity (Wildman–Crippen MR) is 71.3 cm³/mol. The molecule has 0 amide bonds. The van der Waals surface area contributed by atoms with Crippen LogP contribution in [0.2, 0.25) is 0 Å². The number of aryl methyl sites for hydroxylation is 1. The maximum atomic E-state index is 11.4. The highest BCUT2D eigenvalue weighted by Gasteiger charge is 2.26. The van der Waals surface area contributed by atoms with Gasteiger partial charge in [0.1, 0.15) is 9.84 Å². The molecule has 0 unspecified atom stereocenters. The molecule has 0 aromatic carbocycles. The Morgan fingerprint density at radius 1 is 1.44 bits per heavy atom. The Hall–Kier alpha value is -0.880. The zero-order valence-corrected chi connectivity index (χ0v) is 11.6. The molecule has 1 aliphatic rings. The first-order chi connectivity index (χ1) is 8.53. The van der Waals surface area contributed by atoms with Crippen LogP contribution in [0.4, 0.5) is 0 Å². The molecular weight excluding hydrogens is 250 g/mol. The van der Waals surface area contributed by atoms with Gasteiger partial charge in [-0.25, -0.2) is 8.42 Å². The zero-order chi connectivity index (χ0) is 13.2. The summed E-state index contributed by atoms with van der Waals surface area (Å²) in [5, 5.41) is 4.42. The second-order valence-electron chi connectivity index (χ2n) is 4.98. The number of nitrogens with zero attached hydrogens (tertiary/aromatic N) is 2. The molecule has 18 heavy (non-hydrogen) atoms. The van der Waals surface area contributed by atoms with Crippen LogP contribution < -0.4 is 5.73 Å². The van der Waals surface area contributed by atoms with E-state index >= 15 is 0 Å². The molecule has 0 bridgehead atoms. The molecule has 2 heterocycles. The fraction of sp³-hybridized carbons (Fsp3) is 0.750. The lowest BCUT2D eigenvalue weighted by Crippen LogP contribution is -2.26. The minimum Gasteiger partial charge on any atom is -0.330 e. The number of nitrogens with two attached hydrogens (primary N) is 1. The van der Waals surface area contributed by atoms with Crippen molar-refractivity contribution in [2.75, 3.05) is 18.1 Å². The summed E-state index contributed by atoms with van der Waals surface area (Å²) in [5.74, 6) is 0.574. The second-order valence-corrected chi connectivity index (χ2v) is 7.28. The van der Waals surface area contributed by atoms with Gasteiger partial charge < -0.3 is 5.73 Å². The first-order valence-corrected chi connectivity index (χ1v) is 8.29. The Labute approximate surface area is 108 Å². The quantitative estimate of drug-likeness (QED) is 0.880. The lowest BCUT2D eigenvalue weighted by Gasteiger charge is -2.23. The maximum Gasteiger partial charge on any atom is 0.150 e. The van der Waals surface area contributed by atoms with Crippen molar-refractivity contribution in [3.05, 3.63) is 17.5 Å². The van der Waals surface area contributed by atoms with Gasteiger partial charge in [-0.2, -0.15) is 5.10 Å². The fourth-order valence-electron chi connectivity index (χ4n) is 2.49. The van der Waals surface area contributed by atoms with Crippen LogP contribution in [-0.2, 0) is 16.3 Å². The van der Waals surface area contributed by atoms with Crippen molar-refractivity contribution < 1.29 is 8.42 Å². The van der Waals surface area contributed by atoms with Crippen LogP contribution in [0.1, 0.15) is 36.6 Å². The third kappa shape index (κ3) is 2.92. The van der Waals surface area contributed by atoms with Gasteiger partial charge in [0.25, 0.3) is 0 Å². The van der Waals surface area contributed by atoms with E-state index in [4.69, 9.17) is 5.73 Å². The minimum atomic E-state index is -2.80. The number of hydrogen-bond donors (Lipinski definition) is 1. The van der Waals surface area contributed by atoms with Crippen LogP contribution in [0.25, 0.3) is 0 Å². The van der Waals surface area contributed by atoms with Crippen molar-refractivity contribution in [2.24, 2.45) is 5.73 Å². The Morgan fingerprint density at radius 3 is 2.72 bits per heavy atom. The van der Waals surface area contributed by atoms with E-state index in [0.717, 1.165) is 18.5 Å². The van der Waals surface area contributed by atoms with Crippen LogP contribution in [0.3, 0.4) is 0 Å². The normalized spacial score (nSPS) is 20.1. The van der Waals surface area contributed by atoms with Crippen LogP contribution in [0.15, 0.2) is 6.20 Å². The summed E-state index contributed by atoms with van der Waals surface area (Å²) >= 11 is 0. The molecule has 0 atom stereocenters. The summed E-state index contributed by atoms with van der Waals surface area (Å²) in [7, 11) is -2.80. The molecule has 1 aliphatic heterocycles. The largest absolute Gasteiger partial charge is 0.330 e. The number of hydrogen-bond acceptors (Lipinski definition) is 4. The molecule has 6 heteroatoms. The Kier molecular flexibility index (Phi) is 4.07. The highest BCUT2D eigenvalue weighted by molar-refractivity contribution is 7.91. The molecule has 2 N–H and O–H groups in total. The molecule has 0 spiro atoms. The molecule has 1 aromatic heterocycles. The lowest BCUT2D eigenvalue weighted by molar-refractivity contribution is 0.405. The van der Waals surface area contributed by atoms with E-state index in [-0.39, 0.29) is 17.5 Å². The smallest absolute Gasteiger partial charge is 0.150 e. The molecule has 5 nitrogen and oxygen atoms in total. The minimum absolute atomic E-state index is 0.236. The van der Waals surface area contributed by atoms with Crippen molar-refractivity contribution in [3.8, 4) is 0 Å². The van der Waals surface area contributed by atoms with E-state index in [1.807, 2.05) is 10.9 Å². The van der Waals surface area contributed by atoms with E-state index < -0.39 is 9.84 Å². The van der Waals surface area contributed by atoms with Gasteiger partial charge in [-0.05, 0) is 44.7 Å². The molecule has 0 saturated carbocycles. The molecule has 0 radical (unpaired) electrons. The van der Waals surface area contributed by atoms with Crippen molar-refractivity contribution in [3.63, 3.8) is 0 Å². The number of rotatable bonds is 4. The average Bonchev–Trinajstić information content (AvgIpc) is 2.68. The van der Waals surface area contributed by atoms with Crippen molar-refractivity contribution in [1.82, 2.24) is 9.78 Å². The monoisotopic (exact) mass is 271 g/mol. The molecule has 1 saturated heterocycles. The summed E-state index contributed by atoms with van der Waals surface area (Å²) in [5.41, 5.74) is 7.90. The average molecular weight is 271 g/mol. The topological polar surface area (TPSA) is 78.0 Å². The van der Waals surface area contributed by atoms with Crippen molar-refractivity contribution in [2.45, 2.75) is 38.6 Å². The van der Waals surface area contributed by atoms with E-state index in [2.05, 4.69) is 12.0 Å². The van der Waals surface area contributed by atoms with E-state index in [9.17, 15) is 8.42 Å². The highest BCUT2D eigenvalue weighted by Crippen LogP contribution is 2.25. The van der Waals surface area contributed by atoms with Gasteiger partial charge >= 0.3 is 0 Å². The maximum absolute atomic E-state index is 11.4. The first-order valence-electron chi connectivity index (χ1n) is 6.47. The van der Waals surface area contributed by atoms with Crippen molar-refractivity contribution in [1.29, 1.82) is 0 Å². The molecule has 102 valence electrons. The third-order valence-corrected chi connectivity index (χ3v) is 5.38. The Bertz CT molecular complexity index is 493. The van der Waals surface area contributed by atoms with Crippen LogP contribution in [0.5, 0.6) is 0 Å². The van der Waals surface area contributed by atoms with Crippen molar-refractivity contribution >= 4 is 9.84 Å². The fourth-order valence-corrected chi connectivity index (χ4v) is 3.95. The number of sulfone groups is 1. The van der Waals surface area contributed by atoms with Crippen LogP contribution in [-0.4, -0.2) is 36.2 Å². The molecule has 1 fully saturated rings. The molecule has 2 rings (SSSR count). The molecular formula is C12H21N3O2S. The predicted octanol–water partition coefficient (Wildman–Crippen LogP) is 0.833. The van der Waals surface area contributed by atoms with Gasteiger partial charge in [0, 0.05) is 5.69 Å². The van der Waals surface area contributed by atoms with Gasteiger partial charge in [-0.3, -0.25) is 4.68 Å². The van der Waals surface area contributed by atoms with Crippen LogP contribution in [0, 0.1) is 6.92 Å². The number of aromatic nitrogens is 2.